The van der Waals surface area contributed by atoms with Gasteiger partial charge in [0.15, 0.2) is 11.5 Å². The fourth-order valence-electron chi connectivity index (χ4n) is 3.73. The van der Waals surface area contributed by atoms with Gasteiger partial charge >= 0.3 is 18.4 Å². The molecule has 4 rings (SSSR count). The van der Waals surface area contributed by atoms with Crippen molar-refractivity contribution < 1.29 is 45.5 Å². The van der Waals surface area contributed by atoms with Gasteiger partial charge in [-0.2, -0.15) is 31.4 Å². The van der Waals surface area contributed by atoms with E-state index in [1.165, 1.54) is 25.3 Å². The number of hydrogen-bond acceptors (Lipinski definition) is 7. The lowest BCUT2D eigenvalue weighted by Crippen LogP contribution is -2.41. The number of ether oxygens (including phenoxy) is 1. The number of hydrogen-bond donors (Lipinski definition) is 3. The standard InChI is InChI=1S/C24H16ClF6N7O4/c1-10-11-5-6-16(23(26,27)28)33-14(11)8-12(20(39)35-36-22(41)42-2)18(10)34-21(40)15-9-17(24(29,30)31)37-38(15)19-13(25)4-3-7-32-19/h3-9H,1-2H3,(H,34,40)(H,35,39)(H,36,41). The van der Waals surface area contributed by atoms with Crippen molar-refractivity contribution in [2.45, 2.75) is 19.3 Å². The second kappa shape index (κ2) is 11.2. The van der Waals surface area contributed by atoms with Gasteiger partial charge in [-0.1, -0.05) is 17.7 Å². The van der Waals surface area contributed by atoms with Gasteiger partial charge in [0.2, 0.25) is 0 Å². The second-order valence-corrected chi connectivity index (χ2v) is 8.75. The topological polar surface area (TPSA) is 140 Å². The van der Waals surface area contributed by atoms with Crippen LogP contribution >= 0.6 is 11.6 Å². The van der Waals surface area contributed by atoms with E-state index in [1.807, 2.05) is 10.9 Å². The van der Waals surface area contributed by atoms with Crippen LogP contribution in [-0.4, -0.2) is 44.8 Å². The fraction of sp³-hybridized carbons (Fsp3) is 0.167. The Kier molecular flexibility index (Phi) is 7.98. The molecular weight excluding hydrogens is 600 g/mol. The maximum Gasteiger partial charge on any atom is 0.435 e. The molecule has 0 saturated heterocycles. The van der Waals surface area contributed by atoms with Crippen LogP contribution in [0.3, 0.4) is 0 Å². The minimum absolute atomic E-state index is 0.0169. The van der Waals surface area contributed by atoms with Gasteiger partial charge in [-0.3, -0.25) is 15.0 Å². The van der Waals surface area contributed by atoms with Gasteiger partial charge < -0.3 is 10.1 Å². The molecule has 3 heterocycles. The Morgan fingerprint density at radius 2 is 1.64 bits per heavy atom. The molecule has 0 bridgehead atoms. The number of fused-ring (bicyclic) bond motifs is 1. The Morgan fingerprint density at radius 1 is 0.952 bits per heavy atom. The van der Waals surface area contributed by atoms with Gasteiger partial charge in [-0.15, -0.1) is 0 Å². The summed E-state index contributed by atoms with van der Waals surface area (Å²) in [4.78, 5) is 45.3. The predicted octanol–water partition coefficient (Wildman–Crippen LogP) is 5.07. The molecule has 0 fully saturated rings. The Morgan fingerprint density at radius 3 is 2.26 bits per heavy atom. The first kappa shape index (κ1) is 30.0. The van der Waals surface area contributed by atoms with E-state index in [-0.39, 0.29) is 33.0 Å². The molecule has 3 amide bonds. The summed E-state index contributed by atoms with van der Waals surface area (Å²) in [5.74, 6) is -2.69. The smallest absolute Gasteiger partial charge is 0.435 e. The zero-order valence-electron chi connectivity index (χ0n) is 21.1. The van der Waals surface area contributed by atoms with Crippen molar-refractivity contribution in [2.75, 3.05) is 12.4 Å². The third kappa shape index (κ3) is 6.04. The minimum atomic E-state index is -4.98. The summed E-state index contributed by atoms with van der Waals surface area (Å²) in [5.41, 5.74) is -0.753. The number of nitrogens with zero attached hydrogens (tertiary/aromatic N) is 4. The molecule has 0 aliphatic carbocycles. The lowest BCUT2D eigenvalue weighted by molar-refractivity contribution is -0.142. The van der Waals surface area contributed by atoms with Gasteiger partial charge in [-0.05, 0) is 36.8 Å². The number of carbonyl (C=O) groups is 3. The van der Waals surface area contributed by atoms with Crippen LogP contribution in [0.4, 0.5) is 36.8 Å². The number of methoxy groups -OCH3 is 1. The highest BCUT2D eigenvalue weighted by Crippen LogP contribution is 2.35. The Bertz CT molecular complexity index is 1720. The summed E-state index contributed by atoms with van der Waals surface area (Å²) >= 11 is 6.07. The van der Waals surface area contributed by atoms with Gasteiger partial charge in [0.1, 0.15) is 11.4 Å². The SMILES string of the molecule is COC(=O)NNC(=O)c1cc2nc(C(F)(F)F)ccc2c(C)c1NC(=O)c1cc(C(F)(F)F)nn1-c1ncccc1Cl. The Balaban J connectivity index is 1.87. The fourth-order valence-corrected chi connectivity index (χ4v) is 3.93. The van der Waals surface area contributed by atoms with Crippen LogP contribution in [0.1, 0.15) is 37.8 Å². The zero-order chi connectivity index (χ0) is 31.0. The van der Waals surface area contributed by atoms with E-state index in [1.54, 1.807) is 0 Å². The second-order valence-electron chi connectivity index (χ2n) is 8.34. The molecule has 0 aliphatic heterocycles. The highest BCUT2D eigenvalue weighted by molar-refractivity contribution is 6.32. The third-order valence-electron chi connectivity index (χ3n) is 5.66. The van der Waals surface area contributed by atoms with E-state index in [2.05, 4.69) is 25.1 Å². The van der Waals surface area contributed by atoms with Crippen LogP contribution in [0.2, 0.25) is 5.02 Å². The number of anilines is 1. The van der Waals surface area contributed by atoms with E-state index < -0.39 is 52.9 Å². The summed E-state index contributed by atoms with van der Waals surface area (Å²) < 4.78 is 85.4. The van der Waals surface area contributed by atoms with E-state index >= 15 is 0 Å². The van der Waals surface area contributed by atoms with Crippen LogP contribution in [0, 0.1) is 6.92 Å². The molecule has 0 spiro atoms. The number of aryl methyl sites for hydroxylation is 1. The number of carbonyl (C=O) groups excluding carboxylic acids is 3. The number of alkyl halides is 6. The maximum atomic E-state index is 13.5. The van der Waals surface area contributed by atoms with Crippen LogP contribution in [0.25, 0.3) is 16.7 Å². The van der Waals surface area contributed by atoms with E-state index in [0.29, 0.717) is 16.8 Å². The van der Waals surface area contributed by atoms with Gasteiger partial charge in [0.25, 0.3) is 11.8 Å². The molecule has 0 radical (unpaired) electrons. The predicted molar refractivity (Wildman–Crippen MR) is 134 cm³/mol. The molecule has 1 aromatic carbocycles. The first-order chi connectivity index (χ1) is 19.6. The van der Waals surface area contributed by atoms with Crippen molar-refractivity contribution in [1.82, 2.24) is 30.6 Å². The summed E-state index contributed by atoms with van der Waals surface area (Å²) in [6.45, 7) is 1.32. The number of pyridine rings is 2. The highest BCUT2D eigenvalue weighted by Gasteiger charge is 2.37. The highest BCUT2D eigenvalue weighted by atomic mass is 35.5. The van der Waals surface area contributed by atoms with Crippen LogP contribution in [0.5, 0.6) is 0 Å². The monoisotopic (exact) mass is 615 g/mol. The number of benzene rings is 1. The molecule has 0 atom stereocenters. The first-order valence-corrected chi connectivity index (χ1v) is 11.7. The maximum absolute atomic E-state index is 13.5. The summed E-state index contributed by atoms with van der Waals surface area (Å²) in [5, 5.41) is 5.65. The molecule has 0 saturated carbocycles. The number of halogens is 7. The third-order valence-corrected chi connectivity index (χ3v) is 5.96. The average molecular weight is 616 g/mol. The molecule has 0 unspecified atom stereocenters. The van der Waals surface area contributed by atoms with Crippen LogP contribution in [-0.2, 0) is 17.1 Å². The lowest BCUT2D eigenvalue weighted by atomic mass is 10.0. The van der Waals surface area contributed by atoms with E-state index in [9.17, 15) is 40.7 Å². The Labute approximate surface area is 235 Å². The van der Waals surface area contributed by atoms with E-state index in [4.69, 9.17) is 11.6 Å². The first-order valence-electron chi connectivity index (χ1n) is 11.4. The van der Waals surface area contributed by atoms with Crippen molar-refractivity contribution in [3.63, 3.8) is 0 Å². The molecule has 220 valence electrons. The Hall–Kier alpha value is -4.93. The lowest BCUT2D eigenvalue weighted by Gasteiger charge is -2.17. The molecule has 0 aliphatic rings. The molecule has 4 aromatic rings. The number of aromatic nitrogens is 4. The van der Waals surface area contributed by atoms with Gasteiger partial charge in [-0.25, -0.2) is 24.9 Å². The quantitative estimate of drug-likeness (QED) is 0.215. The molecule has 11 nitrogen and oxygen atoms in total. The van der Waals surface area contributed by atoms with Crippen molar-refractivity contribution in [3.8, 4) is 5.82 Å². The number of rotatable bonds is 4. The van der Waals surface area contributed by atoms with Gasteiger partial charge in [0.05, 0.1) is 28.9 Å². The van der Waals surface area contributed by atoms with Crippen molar-refractivity contribution in [3.05, 3.63) is 75.8 Å². The average Bonchev–Trinajstić information content (AvgIpc) is 3.38. The van der Waals surface area contributed by atoms with Crippen molar-refractivity contribution in [2.24, 2.45) is 0 Å². The minimum Gasteiger partial charge on any atom is -0.452 e. The summed E-state index contributed by atoms with van der Waals surface area (Å²) in [6.07, 6.45) is -9.72. The number of nitrogens with one attached hydrogen (secondary N) is 3. The molecular formula is C24H16ClF6N7O4. The summed E-state index contributed by atoms with van der Waals surface area (Å²) in [6, 6.07) is 5.73. The van der Waals surface area contributed by atoms with Crippen LogP contribution in [0.15, 0.2) is 42.6 Å². The van der Waals surface area contributed by atoms with Crippen LogP contribution < -0.4 is 16.2 Å². The zero-order valence-corrected chi connectivity index (χ0v) is 21.9. The molecule has 3 N–H and O–H groups in total. The number of amides is 3. The normalized spacial score (nSPS) is 11.7. The van der Waals surface area contributed by atoms with E-state index in [0.717, 1.165) is 19.2 Å². The van der Waals surface area contributed by atoms with Crippen molar-refractivity contribution >= 4 is 46.1 Å². The van der Waals surface area contributed by atoms with Crippen molar-refractivity contribution in [1.29, 1.82) is 0 Å². The summed E-state index contributed by atoms with van der Waals surface area (Å²) in [7, 11) is 0.988. The molecule has 42 heavy (non-hydrogen) atoms. The largest absolute Gasteiger partial charge is 0.452 e. The molecule has 3 aromatic heterocycles. The number of hydrazine groups is 1. The molecule has 18 heteroatoms. The van der Waals surface area contributed by atoms with Gasteiger partial charge in [0, 0.05) is 17.6 Å².